The van der Waals surface area contributed by atoms with E-state index in [1.165, 1.54) is 7.14 Å². The summed E-state index contributed by atoms with van der Waals surface area (Å²) in [7, 11) is 0. The first kappa shape index (κ1) is 13.7. The molecule has 0 unspecified atom stereocenters. The molecule has 4 heteroatoms. The summed E-state index contributed by atoms with van der Waals surface area (Å²) < 4.78 is 2.34. The van der Waals surface area contributed by atoms with E-state index < -0.39 is 0 Å². The van der Waals surface area contributed by atoms with Crippen molar-refractivity contribution in [1.29, 1.82) is 0 Å². The summed E-state index contributed by atoms with van der Waals surface area (Å²) in [5.74, 6) is 0. The van der Waals surface area contributed by atoms with Crippen LogP contribution >= 0.6 is 45.2 Å². The summed E-state index contributed by atoms with van der Waals surface area (Å²) in [4.78, 5) is 0. The Morgan fingerprint density at radius 3 is 1.44 bits per heavy atom. The Hall–Kier alpha value is -0.760. The molecule has 2 nitrogen and oxygen atoms in total. The Morgan fingerprint density at radius 1 is 0.667 bits per heavy atom. The van der Waals surface area contributed by atoms with Crippen molar-refractivity contribution >= 4 is 57.6 Å². The fraction of sp³-hybridized carbons (Fsp3) is 0. The molecular weight excluding hydrogens is 450 g/mol. The molecule has 0 bridgehead atoms. The second kappa shape index (κ2) is 6.98. The molecule has 18 heavy (non-hydrogen) atoms. The van der Waals surface area contributed by atoms with E-state index in [2.05, 4.69) is 55.4 Å². The van der Waals surface area contributed by atoms with Crippen LogP contribution in [0.2, 0.25) is 0 Å². The molecule has 0 aliphatic heterocycles. The molecule has 0 amide bonds. The van der Waals surface area contributed by atoms with Gasteiger partial charge in [0.05, 0.1) is 12.4 Å². The number of hydrogen-bond acceptors (Lipinski definition) is 2. The van der Waals surface area contributed by atoms with Crippen LogP contribution in [0.1, 0.15) is 11.1 Å². The average Bonchev–Trinajstić information content (AvgIpc) is 2.38. The summed E-state index contributed by atoms with van der Waals surface area (Å²) in [6, 6.07) is 16.1. The Morgan fingerprint density at radius 2 is 1.06 bits per heavy atom. The van der Waals surface area contributed by atoms with E-state index in [1.807, 2.05) is 48.5 Å². The van der Waals surface area contributed by atoms with Crippen molar-refractivity contribution in [2.24, 2.45) is 10.2 Å². The lowest BCUT2D eigenvalue weighted by atomic mass is 10.2. The van der Waals surface area contributed by atoms with Crippen LogP contribution in [0.25, 0.3) is 0 Å². The zero-order valence-corrected chi connectivity index (χ0v) is 13.7. The lowest BCUT2D eigenvalue weighted by Crippen LogP contribution is -1.86. The van der Waals surface area contributed by atoms with Gasteiger partial charge in [0.15, 0.2) is 0 Å². The first-order chi connectivity index (χ1) is 8.77. The fourth-order valence-corrected chi connectivity index (χ4v) is 2.40. The van der Waals surface area contributed by atoms with Crippen LogP contribution in [0.15, 0.2) is 58.7 Å². The van der Waals surface area contributed by atoms with Gasteiger partial charge in [-0.05, 0) is 57.3 Å². The highest BCUT2D eigenvalue weighted by Crippen LogP contribution is 2.10. The van der Waals surface area contributed by atoms with Gasteiger partial charge in [-0.3, -0.25) is 0 Å². The minimum Gasteiger partial charge on any atom is -0.158 e. The second-order valence-corrected chi connectivity index (χ2v) is 5.86. The fourth-order valence-electron chi connectivity index (χ4n) is 1.35. The summed E-state index contributed by atoms with van der Waals surface area (Å²) in [5.41, 5.74) is 2.16. The van der Waals surface area contributed by atoms with Gasteiger partial charge in [-0.1, -0.05) is 36.4 Å². The lowest BCUT2D eigenvalue weighted by Gasteiger charge is -1.95. The topological polar surface area (TPSA) is 24.7 Å². The van der Waals surface area contributed by atoms with Gasteiger partial charge in [0.1, 0.15) is 0 Å². The lowest BCUT2D eigenvalue weighted by molar-refractivity contribution is 1.26. The van der Waals surface area contributed by atoms with Crippen LogP contribution in [0.3, 0.4) is 0 Å². The highest BCUT2D eigenvalue weighted by molar-refractivity contribution is 14.1. The third-order valence-electron chi connectivity index (χ3n) is 2.27. The van der Waals surface area contributed by atoms with Gasteiger partial charge in [-0.2, -0.15) is 10.2 Å². The van der Waals surface area contributed by atoms with E-state index in [1.54, 1.807) is 12.4 Å². The van der Waals surface area contributed by atoms with Crippen LogP contribution in [-0.4, -0.2) is 12.4 Å². The van der Waals surface area contributed by atoms with E-state index in [9.17, 15) is 0 Å². The van der Waals surface area contributed by atoms with Gasteiger partial charge in [0, 0.05) is 18.3 Å². The Kier molecular flexibility index (Phi) is 5.30. The maximum atomic E-state index is 4.08. The molecule has 90 valence electrons. The smallest absolute Gasteiger partial charge is 0.0578 e. The third-order valence-corrected chi connectivity index (χ3v) is 4.24. The van der Waals surface area contributed by atoms with Crippen LogP contribution in [0.4, 0.5) is 0 Å². The predicted molar refractivity (Wildman–Crippen MR) is 93.5 cm³/mol. The Bertz CT molecular complexity index is 538. The molecule has 2 aromatic rings. The Labute approximate surface area is 134 Å². The minimum absolute atomic E-state index is 1.08. The van der Waals surface area contributed by atoms with E-state index in [4.69, 9.17) is 0 Å². The van der Waals surface area contributed by atoms with E-state index in [0.717, 1.165) is 11.1 Å². The molecule has 0 radical (unpaired) electrons. The van der Waals surface area contributed by atoms with Gasteiger partial charge in [0.2, 0.25) is 0 Å². The molecule has 0 aliphatic carbocycles. The number of rotatable bonds is 3. The first-order valence-corrected chi connectivity index (χ1v) is 7.48. The van der Waals surface area contributed by atoms with E-state index in [0.29, 0.717) is 0 Å². The minimum atomic E-state index is 1.08. The van der Waals surface area contributed by atoms with Gasteiger partial charge in [-0.25, -0.2) is 0 Å². The number of hydrogen-bond donors (Lipinski definition) is 0. The molecule has 2 aromatic carbocycles. The van der Waals surface area contributed by atoms with E-state index >= 15 is 0 Å². The number of benzene rings is 2. The molecule has 0 aromatic heterocycles. The maximum absolute atomic E-state index is 4.08. The summed E-state index contributed by atoms with van der Waals surface area (Å²) in [6.07, 6.45) is 3.54. The molecule has 0 saturated heterocycles. The molecule has 0 spiro atoms. The largest absolute Gasteiger partial charge is 0.158 e. The van der Waals surface area contributed by atoms with Crippen molar-refractivity contribution in [3.8, 4) is 0 Å². The molecule has 2 rings (SSSR count). The molecule has 0 saturated carbocycles. The van der Waals surface area contributed by atoms with Crippen LogP contribution < -0.4 is 0 Å². The van der Waals surface area contributed by atoms with Gasteiger partial charge < -0.3 is 0 Å². The molecule has 0 atom stereocenters. The molecule has 0 N–H and O–H groups in total. The van der Waals surface area contributed by atoms with Gasteiger partial charge in [-0.15, -0.1) is 0 Å². The van der Waals surface area contributed by atoms with Crippen molar-refractivity contribution in [1.82, 2.24) is 0 Å². The number of nitrogens with zero attached hydrogens (tertiary/aromatic N) is 2. The second-order valence-electron chi connectivity index (χ2n) is 3.53. The van der Waals surface area contributed by atoms with Crippen molar-refractivity contribution < 1.29 is 0 Å². The summed E-state index contributed by atoms with van der Waals surface area (Å²) in [6.45, 7) is 0. The average molecular weight is 460 g/mol. The monoisotopic (exact) mass is 460 g/mol. The van der Waals surface area contributed by atoms with Crippen molar-refractivity contribution in [3.05, 3.63) is 66.8 Å². The normalized spacial score (nSPS) is 11.4. The van der Waals surface area contributed by atoms with E-state index in [-0.39, 0.29) is 0 Å². The van der Waals surface area contributed by atoms with Crippen molar-refractivity contribution in [2.75, 3.05) is 0 Å². The van der Waals surface area contributed by atoms with Crippen molar-refractivity contribution in [3.63, 3.8) is 0 Å². The highest BCUT2D eigenvalue weighted by atomic mass is 127. The summed E-state index contributed by atoms with van der Waals surface area (Å²) >= 11 is 4.57. The maximum Gasteiger partial charge on any atom is 0.0578 e. The zero-order valence-electron chi connectivity index (χ0n) is 9.42. The first-order valence-electron chi connectivity index (χ1n) is 5.33. The molecule has 0 aliphatic rings. The summed E-state index contributed by atoms with van der Waals surface area (Å²) in [5, 5.41) is 8.15. The number of halogens is 2. The van der Waals surface area contributed by atoms with Gasteiger partial charge in [0.25, 0.3) is 0 Å². The van der Waals surface area contributed by atoms with Crippen molar-refractivity contribution in [2.45, 2.75) is 0 Å². The molecular formula is C14H10I2N2. The Balaban J connectivity index is 2.08. The molecule has 0 fully saturated rings. The highest BCUT2D eigenvalue weighted by Gasteiger charge is 1.94. The predicted octanol–water partition coefficient (Wildman–Crippen LogP) is 4.35. The zero-order chi connectivity index (χ0) is 12.8. The van der Waals surface area contributed by atoms with Gasteiger partial charge >= 0.3 is 0 Å². The van der Waals surface area contributed by atoms with Crippen LogP contribution in [0.5, 0.6) is 0 Å². The quantitative estimate of drug-likeness (QED) is 0.370. The molecule has 0 heterocycles. The SMILES string of the molecule is Ic1ccccc1/C=N/N=C/c1ccccc1I. The van der Waals surface area contributed by atoms with Crippen LogP contribution in [-0.2, 0) is 0 Å². The van der Waals surface area contributed by atoms with Crippen LogP contribution in [0, 0.1) is 7.14 Å². The standard InChI is InChI=1S/C14H10I2N2/c15-13-7-3-1-5-11(13)9-17-18-10-12-6-2-4-8-14(12)16/h1-10H/b17-9+,18-10+. The third kappa shape index (κ3) is 3.88.